The fourth-order valence-corrected chi connectivity index (χ4v) is 2.89. The van der Waals surface area contributed by atoms with Crippen LogP contribution in [0, 0.1) is 5.92 Å². The highest BCUT2D eigenvalue weighted by molar-refractivity contribution is 5.83. The summed E-state index contributed by atoms with van der Waals surface area (Å²) in [4.78, 5) is 36.4. The van der Waals surface area contributed by atoms with Crippen LogP contribution in [0.15, 0.2) is 0 Å². The summed E-state index contributed by atoms with van der Waals surface area (Å²) in [5, 5.41) is 11.7. The summed E-state index contributed by atoms with van der Waals surface area (Å²) in [7, 11) is 0. The number of carbonyl (C=O) groups excluding carboxylic acids is 2. The molecule has 0 aromatic rings. The van der Waals surface area contributed by atoms with Crippen LogP contribution in [0.4, 0.5) is 0 Å². The van der Waals surface area contributed by atoms with Gasteiger partial charge in [-0.15, -0.1) is 0 Å². The molecule has 0 radical (unpaired) electrons. The van der Waals surface area contributed by atoms with Crippen LogP contribution < -0.4 is 5.32 Å². The lowest BCUT2D eigenvalue weighted by atomic mass is 9.88. The average Bonchev–Trinajstić information content (AvgIpc) is 2.47. The summed E-state index contributed by atoms with van der Waals surface area (Å²) in [6, 6.07) is -0.268. The third kappa shape index (κ3) is 6.45. The second kappa shape index (κ2) is 9.43. The Balaban J connectivity index is 2.43. The first-order chi connectivity index (χ1) is 10.4. The van der Waals surface area contributed by atoms with Gasteiger partial charge in [0.05, 0.1) is 0 Å². The smallest absolute Gasteiger partial charge is 0.323 e. The van der Waals surface area contributed by atoms with Gasteiger partial charge in [0.1, 0.15) is 6.54 Å². The van der Waals surface area contributed by atoms with Gasteiger partial charge in [0, 0.05) is 24.9 Å². The average molecular weight is 312 g/mol. The van der Waals surface area contributed by atoms with Crippen molar-refractivity contribution in [3.63, 3.8) is 0 Å². The van der Waals surface area contributed by atoms with Crippen LogP contribution in [0.5, 0.6) is 0 Å². The van der Waals surface area contributed by atoms with E-state index < -0.39 is 5.97 Å². The molecule has 6 heteroatoms. The summed E-state index contributed by atoms with van der Waals surface area (Å²) in [6.07, 6.45) is 6.08. The highest BCUT2D eigenvalue weighted by atomic mass is 16.4. The highest BCUT2D eigenvalue weighted by Crippen LogP contribution is 2.23. The van der Waals surface area contributed by atoms with Crippen molar-refractivity contribution >= 4 is 17.8 Å². The van der Waals surface area contributed by atoms with Crippen molar-refractivity contribution < 1.29 is 19.5 Å². The molecule has 1 rings (SSSR count). The number of carboxylic acids is 1. The number of hydrogen-bond donors (Lipinski definition) is 2. The number of carboxylic acid groups (broad SMARTS) is 1. The zero-order chi connectivity index (χ0) is 16.5. The molecule has 1 unspecified atom stereocenters. The molecule has 126 valence electrons. The minimum absolute atomic E-state index is 0.0280. The van der Waals surface area contributed by atoms with E-state index in [0.717, 1.165) is 25.7 Å². The number of nitrogens with zero attached hydrogens (tertiary/aromatic N) is 1. The third-order valence-corrected chi connectivity index (χ3v) is 4.02. The Hall–Kier alpha value is -1.59. The summed E-state index contributed by atoms with van der Waals surface area (Å²) in [6.45, 7) is 3.84. The van der Waals surface area contributed by atoms with Crippen LogP contribution in [0.3, 0.4) is 0 Å². The largest absolute Gasteiger partial charge is 0.480 e. The standard InChI is InChI=1S/C16H28N2O4/c1-3-9-18(11-15(20)21)14(19)10-12(2)17-16(22)13-7-5-4-6-8-13/h12-13H,3-11H2,1-2H3,(H,17,22)(H,20,21). The molecule has 0 spiro atoms. The van der Waals surface area contributed by atoms with E-state index in [1.54, 1.807) is 6.92 Å². The van der Waals surface area contributed by atoms with E-state index in [-0.39, 0.29) is 36.7 Å². The van der Waals surface area contributed by atoms with Crippen LogP contribution in [0.1, 0.15) is 58.8 Å². The lowest BCUT2D eigenvalue weighted by molar-refractivity contribution is -0.144. The van der Waals surface area contributed by atoms with Crippen molar-refractivity contribution in [3.8, 4) is 0 Å². The molecular weight excluding hydrogens is 284 g/mol. The number of amides is 2. The number of carbonyl (C=O) groups is 3. The van der Waals surface area contributed by atoms with E-state index >= 15 is 0 Å². The predicted octanol–water partition coefficient (Wildman–Crippen LogP) is 1.78. The van der Waals surface area contributed by atoms with Gasteiger partial charge in [0.15, 0.2) is 0 Å². The minimum Gasteiger partial charge on any atom is -0.480 e. The molecule has 0 aromatic carbocycles. The second-order valence-corrected chi connectivity index (χ2v) is 6.16. The van der Waals surface area contributed by atoms with Gasteiger partial charge in [-0.1, -0.05) is 26.2 Å². The molecule has 0 heterocycles. The predicted molar refractivity (Wildman–Crippen MR) is 83.3 cm³/mol. The minimum atomic E-state index is -1.01. The Morgan fingerprint density at radius 2 is 1.86 bits per heavy atom. The van der Waals surface area contributed by atoms with E-state index in [1.165, 1.54) is 11.3 Å². The maximum atomic E-state index is 12.1. The summed E-state index contributed by atoms with van der Waals surface area (Å²) in [5.41, 5.74) is 0. The number of aliphatic carboxylic acids is 1. The molecule has 0 aliphatic heterocycles. The molecule has 1 atom stereocenters. The SMILES string of the molecule is CCCN(CC(=O)O)C(=O)CC(C)NC(=O)C1CCCCC1. The second-order valence-electron chi connectivity index (χ2n) is 6.16. The molecule has 2 N–H and O–H groups in total. The van der Waals surface area contributed by atoms with E-state index in [1.807, 2.05) is 6.92 Å². The maximum absolute atomic E-state index is 12.1. The van der Waals surface area contributed by atoms with Gasteiger partial charge in [-0.3, -0.25) is 14.4 Å². The molecule has 0 bridgehead atoms. The first-order valence-corrected chi connectivity index (χ1v) is 8.24. The fourth-order valence-electron chi connectivity index (χ4n) is 2.89. The van der Waals surface area contributed by atoms with Gasteiger partial charge in [-0.2, -0.15) is 0 Å². The van der Waals surface area contributed by atoms with Crippen molar-refractivity contribution in [2.24, 2.45) is 5.92 Å². The topological polar surface area (TPSA) is 86.7 Å². The van der Waals surface area contributed by atoms with Crippen LogP contribution in [-0.2, 0) is 14.4 Å². The normalized spacial score (nSPS) is 16.8. The summed E-state index contributed by atoms with van der Waals surface area (Å²) >= 11 is 0. The Kier molecular flexibility index (Phi) is 7.91. The summed E-state index contributed by atoms with van der Waals surface area (Å²) in [5.74, 6) is -1.14. The Morgan fingerprint density at radius 3 is 2.41 bits per heavy atom. The Bertz CT molecular complexity index is 392. The molecule has 1 fully saturated rings. The monoisotopic (exact) mass is 312 g/mol. The van der Waals surface area contributed by atoms with Gasteiger partial charge in [0.2, 0.25) is 11.8 Å². The Labute approximate surface area is 132 Å². The zero-order valence-corrected chi connectivity index (χ0v) is 13.6. The molecule has 1 aliphatic rings. The van der Waals surface area contributed by atoms with Crippen LogP contribution in [-0.4, -0.2) is 46.9 Å². The van der Waals surface area contributed by atoms with Crippen molar-refractivity contribution in [3.05, 3.63) is 0 Å². The Morgan fingerprint density at radius 1 is 1.23 bits per heavy atom. The maximum Gasteiger partial charge on any atom is 0.323 e. The quantitative estimate of drug-likeness (QED) is 0.715. The lowest BCUT2D eigenvalue weighted by Crippen LogP contribution is -2.43. The van der Waals surface area contributed by atoms with E-state index in [0.29, 0.717) is 13.0 Å². The first-order valence-electron chi connectivity index (χ1n) is 8.24. The van der Waals surface area contributed by atoms with E-state index in [4.69, 9.17) is 5.11 Å². The van der Waals surface area contributed by atoms with Gasteiger partial charge in [-0.05, 0) is 26.2 Å². The molecule has 1 aliphatic carbocycles. The molecule has 1 saturated carbocycles. The summed E-state index contributed by atoms with van der Waals surface area (Å²) < 4.78 is 0. The molecule has 6 nitrogen and oxygen atoms in total. The van der Waals surface area contributed by atoms with Crippen molar-refractivity contribution in [2.45, 2.75) is 64.8 Å². The highest BCUT2D eigenvalue weighted by Gasteiger charge is 2.24. The number of rotatable bonds is 8. The molecule has 2 amide bonds. The third-order valence-electron chi connectivity index (χ3n) is 4.02. The molecular formula is C16H28N2O4. The van der Waals surface area contributed by atoms with E-state index in [9.17, 15) is 14.4 Å². The van der Waals surface area contributed by atoms with Gasteiger partial charge in [-0.25, -0.2) is 0 Å². The molecule has 0 saturated heterocycles. The van der Waals surface area contributed by atoms with Crippen LogP contribution in [0.2, 0.25) is 0 Å². The molecule has 22 heavy (non-hydrogen) atoms. The van der Waals surface area contributed by atoms with Gasteiger partial charge in [0.25, 0.3) is 0 Å². The van der Waals surface area contributed by atoms with Gasteiger partial charge < -0.3 is 15.3 Å². The van der Waals surface area contributed by atoms with Crippen LogP contribution >= 0.6 is 0 Å². The van der Waals surface area contributed by atoms with Crippen LogP contribution in [0.25, 0.3) is 0 Å². The van der Waals surface area contributed by atoms with Crippen molar-refractivity contribution in [2.75, 3.05) is 13.1 Å². The van der Waals surface area contributed by atoms with Crippen molar-refractivity contribution in [1.82, 2.24) is 10.2 Å². The van der Waals surface area contributed by atoms with Gasteiger partial charge >= 0.3 is 5.97 Å². The molecule has 0 aromatic heterocycles. The number of hydrogen-bond acceptors (Lipinski definition) is 3. The number of nitrogens with one attached hydrogen (secondary N) is 1. The fraction of sp³-hybridized carbons (Fsp3) is 0.812. The van der Waals surface area contributed by atoms with E-state index in [2.05, 4.69) is 5.32 Å². The zero-order valence-electron chi connectivity index (χ0n) is 13.6. The first kappa shape index (κ1) is 18.5. The lowest BCUT2D eigenvalue weighted by Gasteiger charge is -2.25. The van der Waals surface area contributed by atoms with Crippen molar-refractivity contribution in [1.29, 1.82) is 0 Å².